The van der Waals surface area contributed by atoms with Crippen LogP contribution in [0.4, 0.5) is 5.69 Å². The summed E-state index contributed by atoms with van der Waals surface area (Å²) in [6, 6.07) is 5.34. The number of amides is 1. The number of nitrogens with zero attached hydrogens (tertiary/aromatic N) is 2. The normalized spacial score (nSPS) is 10.2. The second-order valence-electron chi connectivity index (χ2n) is 3.71. The molecule has 0 aliphatic carbocycles. The number of hydrogen-bond acceptors (Lipinski definition) is 4. The lowest BCUT2D eigenvalue weighted by atomic mass is 10.1. The lowest BCUT2D eigenvalue weighted by molar-refractivity contribution is 0.0950. The molecule has 1 aromatic heterocycles. The summed E-state index contributed by atoms with van der Waals surface area (Å²) < 4.78 is 0. The van der Waals surface area contributed by atoms with Crippen molar-refractivity contribution in [2.45, 2.75) is 13.5 Å². The van der Waals surface area contributed by atoms with Gasteiger partial charge in [0.25, 0.3) is 5.91 Å². The SMILES string of the molecule is Cc1ccc(N)c(C(=O)NCc2ncn[nH]2)c1. The molecule has 0 saturated carbocycles. The molecule has 0 saturated heterocycles. The Bertz CT molecular complexity index is 521. The fraction of sp³-hybridized carbons (Fsp3) is 0.182. The van der Waals surface area contributed by atoms with E-state index in [1.165, 1.54) is 6.33 Å². The molecule has 0 radical (unpaired) electrons. The van der Waals surface area contributed by atoms with Crippen LogP contribution in [-0.2, 0) is 6.54 Å². The molecule has 4 N–H and O–H groups in total. The number of aromatic nitrogens is 3. The smallest absolute Gasteiger partial charge is 0.253 e. The second-order valence-corrected chi connectivity index (χ2v) is 3.71. The average molecular weight is 231 g/mol. The molecule has 0 spiro atoms. The summed E-state index contributed by atoms with van der Waals surface area (Å²) in [5.74, 6) is 0.382. The van der Waals surface area contributed by atoms with Crippen LogP contribution in [0.2, 0.25) is 0 Å². The molecule has 1 aromatic carbocycles. The van der Waals surface area contributed by atoms with Crippen molar-refractivity contribution in [3.63, 3.8) is 0 Å². The molecule has 0 fully saturated rings. The van der Waals surface area contributed by atoms with Crippen LogP contribution in [0.5, 0.6) is 0 Å². The highest BCUT2D eigenvalue weighted by molar-refractivity contribution is 5.99. The van der Waals surface area contributed by atoms with Gasteiger partial charge in [-0.05, 0) is 19.1 Å². The summed E-state index contributed by atoms with van der Waals surface area (Å²) in [5.41, 5.74) is 7.67. The minimum Gasteiger partial charge on any atom is -0.398 e. The van der Waals surface area contributed by atoms with E-state index in [0.717, 1.165) is 5.56 Å². The maximum absolute atomic E-state index is 11.9. The van der Waals surface area contributed by atoms with Gasteiger partial charge in [-0.1, -0.05) is 11.6 Å². The topological polar surface area (TPSA) is 96.7 Å². The van der Waals surface area contributed by atoms with E-state index >= 15 is 0 Å². The minimum atomic E-state index is -0.220. The van der Waals surface area contributed by atoms with Crippen LogP contribution in [0.25, 0.3) is 0 Å². The quantitative estimate of drug-likeness (QED) is 0.675. The minimum absolute atomic E-state index is 0.220. The highest BCUT2D eigenvalue weighted by atomic mass is 16.1. The van der Waals surface area contributed by atoms with Crippen LogP contribution in [0.3, 0.4) is 0 Å². The average Bonchev–Trinajstić information content (AvgIpc) is 2.82. The van der Waals surface area contributed by atoms with E-state index in [0.29, 0.717) is 23.6 Å². The van der Waals surface area contributed by atoms with E-state index in [2.05, 4.69) is 20.5 Å². The lowest BCUT2D eigenvalue weighted by Crippen LogP contribution is -2.24. The predicted molar refractivity (Wildman–Crippen MR) is 63.1 cm³/mol. The molecule has 6 heteroatoms. The molecule has 0 aliphatic heterocycles. The Hall–Kier alpha value is -2.37. The van der Waals surface area contributed by atoms with Crippen molar-refractivity contribution in [1.29, 1.82) is 0 Å². The van der Waals surface area contributed by atoms with Gasteiger partial charge in [-0.15, -0.1) is 0 Å². The van der Waals surface area contributed by atoms with E-state index in [1.807, 2.05) is 13.0 Å². The molecule has 2 aromatic rings. The van der Waals surface area contributed by atoms with Crippen LogP contribution in [0, 0.1) is 6.92 Å². The van der Waals surface area contributed by atoms with E-state index in [9.17, 15) is 4.79 Å². The zero-order chi connectivity index (χ0) is 12.3. The van der Waals surface area contributed by atoms with Crippen LogP contribution in [0.1, 0.15) is 21.7 Å². The first-order valence-corrected chi connectivity index (χ1v) is 5.15. The van der Waals surface area contributed by atoms with E-state index < -0.39 is 0 Å². The maximum atomic E-state index is 11.9. The summed E-state index contributed by atoms with van der Waals surface area (Å²) in [6.07, 6.45) is 1.39. The first-order valence-electron chi connectivity index (χ1n) is 5.15. The van der Waals surface area contributed by atoms with Gasteiger partial charge in [-0.3, -0.25) is 9.89 Å². The fourth-order valence-corrected chi connectivity index (χ4v) is 1.44. The third-order valence-corrected chi connectivity index (χ3v) is 2.33. The summed E-state index contributed by atoms with van der Waals surface area (Å²) in [5, 5.41) is 9.07. The molecule has 0 atom stereocenters. The second kappa shape index (κ2) is 4.65. The monoisotopic (exact) mass is 231 g/mol. The van der Waals surface area contributed by atoms with Crippen molar-refractivity contribution in [2.75, 3.05) is 5.73 Å². The Morgan fingerprint density at radius 2 is 2.35 bits per heavy atom. The van der Waals surface area contributed by atoms with E-state index in [-0.39, 0.29) is 5.91 Å². The number of hydrogen-bond donors (Lipinski definition) is 3. The van der Waals surface area contributed by atoms with Gasteiger partial charge in [0.05, 0.1) is 12.1 Å². The highest BCUT2D eigenvalue weighted by Crippen LogP contribution is 2.13. The molecule has 0 aliphatic rings. The van der Waals surface area contributed by atoms with Crippen LogP contribution in [-0.4, -0.2) is 21.1 Å². The number of nitrogen functional groups attached to an aromatic ring is 1. The van der Waals surface area contributed by atoms with Gasteiger partial charge in [-0.25, -0.2) is 4.98 Å². The molecular formula is C11H13N5O. The van der Waals surface area contributed by atoms with E-state index in [4.69, 9.17) is 5.73 Å². The summed E-state index contributed by atoms with van der Waals surface area (Å²) in [7, 11) is 0. The van der Waals surface area contributed by atoms with Gasteiger partial charge in [0.1, 0.15) is 12.2 Å². The summed E-state index contributed by atoms with van der Waals surface area (Å²) in [4.78, 5) is 15.8. The predicted octanol–water partition coefficient (Wildman–Crippen LogP) is 0.625. The Balaban J connectivity index is 2.07. The van der Waals surface area contributed by atoms with Gasteiger partial charge in [0.15, 0.2) is 0 Å². The zero-order valence-corrected chi connectivity index (χ0v) is 9.40. The van der Waals surface area contributed by atoms with Crippen LogP contribution in [0.15, 0.2) is 24.5 Å². The van der Waals surface area contributed by atoms with Crippen molar-refractivity contribution in [1.82, 2.24) is 20.5 Å². The molecule has 88 valence electrons. The number of rotatable bonds is 3. The Labute approximate surface area is 98.3 Å². The van der Waals surface area contributed by atoms with Crippen molar-refractivity contribution in [3.8, 4) is 0 Å². The first kappa shape index (κ1) is 11.1. The van der Waals surface area contributed by atoms with Crippen molar-refractivity contribution < 1.29 is 4.79 Å². The summed E-state index contributed by atoms with van der Waals surface area (Å²) in [6.45, 7) is 2.21. The number of nitrogens with one attached hydrogen (secondary N) is 2. The van der Waals surface area contributed by atoms with Crippen molar-refractivity contribution in [2.24, 2.45) is 0 Å². The van der Waals surface area contributed by atoms with E-state index in [1.54, 1.807) is 12.1 Å². The van der Waals surface area contributed by atoms with Crippen molar-refractivity contribution >= 4 is 11.6 Å². The number of H-pyrrole nitrogens is 1. The van der Waals surface area contributed by atoms with Gasteiger partial charge in [0.2, 0.25) is 0 Å². The van der Waals surface area contributed by atoms with Crippen LogP contribution >= 0.6 is 0 Å². The molecule has 1 amide bonds. The van der Waals surface area contributed by atoms with Gasteiger partial charge in [-0.2, -0.15) is 5.10 Å². The number of anilines is 1. The zero-order valence-electron chi connectivity index (χ0n) is 9.40. The number of benzene rings is 1. The summed E-state index contributed by atoms with van der Waals surface area (Å²) >= 11 is 0. The van der Waals surface area contributed by atoms with Gasteiger partial charge < -0.3 is 11.1 Å². The lowest BCUT2D eigenvalue weighted by Gasteiger charge is -2.07. The van der Waals surface area contributed by atoms with Crippen molar-refractivity contribution in [3.05, 3.63) is 41.5 Å². The number of carbonyl (C=O) groups excluding carboxylic acids is 1. The first-order chi connectivity index (χ1) is 8.16. The van der Waals surface area contributed by atoms with Gasteiger partial charge in [0, 0.05) is 5.69 Å². The Kier molecular flexibility index (Phi) is 3.04. The molecule has 0 bridgehead atoms. The molecule has 1 heterocycles. The Morgan fingerprint density at radius 3 is 3.06 bits per heavy atom. The van der Waals surface area contributed by atoms with Gasteiger partial charge >= 0.3 is 0 Å². The molecular weight excluding hydrogens is 218 g/mol. The molecule has 6 nitrogen and oxygen atoms in total. The third kappa shape index (κ3) is 2.60. The molecule has 0 unspecified atom stereocenters. The standard InChI is InChI=1S/C11H13N5O/c1-7-2-3-9(12)8(4-7)11(17)13-5-10-14-6-15-16-10/h2-4,6H,5,12H2,1H3,(H,13,17)(H,14,15,16). The maximum Gasteiger partial charge on any atom is 0.253 e. The fourth-order valence-electron chi connectivity index (χ4n) is 1.44. The number of carbonyl (C=O) groups is 1. The number of nitrogens with two attached hydrogens (primary N) is 1. The highest BCUT2D eigenvalue weighted by Gasteiger charge is 2.09. The number of aromatic amines is 1. The third-order valence-electron chi connectivity index (χ3n) is 2.33. The number of aryl methyl sites for hydroxylation is 1. The van der Waals surface area contributed by atoms with Crippen LogP contribution < -0.4 is 11.1 Å². The molecule has 17 heavy (non-hydrogen) atoms. The largest absolute Gasteiger partial charge is 0.398 e. The Morgan fingerprint density at radius 1 is 1.53 bits per heavy atom. The molecule has 2 rings (SSSR count).